The van der Waals surface area contributed by atoms with E-state index in [-0.39, 0.29) is 5.88 Å². The number of aliphatic hydroxyl groups is 1. The fraction of sp³-hybridized carbons (Fsp3) is 0.750. The van der Waals surface area contributed by atoms with Crippen LogP contribution in [0.25, 0.3) is 0 Å². The standard InChI is InChI=1S/C4H9ClN2O2/c5-1-2(8)3(6)4(7)9/h2-3,8H,1,6H2,(H2,7,9)/t2-,3+/m1/s1. The molecule has 0 spiro atoms. The molecule has 0 heterocycles. The molecule has 0 aromatic heterocycles. The van der Waals surface area contributed by atoms with E-state index in [1.54, 1.807) is 0 Å². The first kappa shape index (κ1) is 8.68. The number of rotatable bonds is 3. The quantitative estimate of drug-likeness (QED) is 0.426. The van der Waals surface area contributed by atoms with E-state index in [0.717, 1.165) is 0 Å². The van der Waals surface area contributed by atoms with Gasteiger partial charge in [-0.2, -0.15) is 0 Å². The monoisotopic (exact) mass is 152 g/mol. The zero-order valence-electron chi connectivity index (χ0n) is 4.75. The van der Waals surface area contributed by atoms with Crippen LogP contribution in [0.3, 0.4) is 0 Å². The molecule has 0 aliphatic heterocycles. The van der Waals surface area contributed by atoms with E-state index in [2.05, 4.69) is 0 Å². The lowest BCUT2D eigenvalue weighted by atomic mass is 10.2. The van der Waals surface area contributed by atoms with Gasteiger partial charge in [-0.05, 0) is 0 Å². The number of carbonyl (C=O) groups excluding carboxylic acids is 1. The molecule has 0 saturated carbocycles. The fourth-order valence-electron chi connectivity index (χ4n) is 0.286. The second-order valence-corrected chi connectivity index (χ2v) is 1.96. The highest BCUT2D eigenvalue weighted by atomic mass is 35.5. The molecule has 0 aliphatic carbocycles. The van der Waals surface area contributed by atoms with E-state index >= 15 is 0 Å². The third-order valence-electron chi connectivity index (χ3n) is 0.901. The smallest absolute Gasteiger partial charge is 0.237 e. The summed E-state index contributed by atoms with van der Waals surface area (Å²) in [4.78, 5) is 10.2. The van der Waals surface area contributed by atoms with Gasteiger partial charge in [0.1, 0.15) is 6.04 Å². The van der Waals surface area contributed by atoms with Crippen molar-refractivity contribution in [2.45, 2.75) is 12.1 Å². The lowest BCUT2D eigenvalue weighted by molar-refractivity contribution is -0.121. The summed E-state index contributed by atoms with van der Waals surface area (Å²) < 4.78 is 0. The van der Waals surface area contributed by atoms with Gasteiger partial charge in [-0.1, -0.05) is 0 Å². The summed E-state index contributed by atoms with van der Waals surface area (Å²) in [5, 5.41) is 8.74. The first-order chi connectivity index (χ1) is 4.09. The molecule has 5 N–H and O–H groups in total. The van der Waals surface area contributed by atoms with E-state index in [9.17, 15) is 4.79 Å². The van der Waals surface area contributed by atoms with Crippen LogP contribution in [-0.4, -0.2) is 29.0 Å². The van der Waals surface area contributed by atoms with E-state index in [1.807, 2.05) is 0 Å². The average Bonchev–Trinajstić information content (AvgIpc) is 1.84. The van der Waals surface area contributed by atoms with Gasteiger partial charge >= 0.3 is 0 Å². The number of carbonyl (C=O) groups is 1. The van der Waals surface area contributed by atoms with Crippen molar-refractivity contribution < 1.29 is 9.90 Å². The Labute approximate surface area is 57.8 Å². The molecule has 0 radical (unpaired) electrons. The topological polar surface area (TPSA) is 89.3 Å². The van der Waals surface area contributed by atoms with Crippen LogP contribution >= 0.6 is 11.6 Å². The van der Waals surface area contributed by atoms with E-state index in [0.29, 0.717) is 0 Å². The number of hydrogen-bond acceptors (Lipinski definition) is 3. The van der Waals surface area contributed by atoms with Crippen molar-refractivity contribution in [1.29, 1.82) is 0 Å². The van der Waals surface area contributed by atoms with Crippen molar-refractivity contribution in [2.75, 3.05) is 5.88 Å². The normalized spacial score (nSPS) is 16.8. The van der Waals surface area contributed by atoms with Crippen LogP contribution in [0.15, 0.2) is 0 Å². The molecule has 5 heteroatoms. The van der Waals surface area contributed by atoms with E-state index in [4.69, 9.17) is 28.2 Å². The number of nitrogens with two attached hydrogens (primary N) is 2. The maximum absolute atomic E-state index is 10.2. The van der Waals surface area contributed by atoms with Crippen molar-refractivity contribution in [3.8, 4) is 0 Å². The van der Waals surface area contributed by atoms with Gasteiger partial charge in [-0.15, -0.1) is 11.6 Å². The number of amides is 1. The van der Waals surface area contributed by atoms with Gasteiger partial charge in [0.2, 0.25) is 5.91 Å². The van der Waals surface area contributed by atoms with Crippen LogP contribution in [0.2, 0.25) is 0 Å². The molecular weight excluding hydrogens is 144 g/mol. The summed E-state index contributed by atoms with van der Waals surface area (Å²) in [5.74, 6) is -0.826. The van der Waals surface area contributed by atoms with Crippen LogP contribution in [0, 0.1) is 0 Å². The molecule has 0 bridgehead atoms. The molecule has 0 fully saturated rings. The summed E-state index contributed by atoms with van der Waals surface area (Å²) in [6, 6.07) is -1.05. The van der Waals surface area contributed by atoms with Gasteiger partial charge in [0, 0.05) is 0 Å². The molecule has 0 aromatic carbocycles. The predicted octanol–water partition coefficient (Wildman–Crippen LogP) is -1.60. The molecule has 4 nitrogen and oxygen atoms in total. The Morgan fingerprint density at radius 1 is 1.78 bits per heavy atom. The number of aliphatic hydroxyl groups excluding tert-OH is 1. The maximum Gasteiger partial charge on any atom is 0.237 e. The zero-order valence-corrected chi connectivity index (χ0v) is 5.51. The Balaban J connectivity index is 3.72. The Bertz CT molecular complexity index is 109. The van der Waals surface area contributed by atoms with Crippen LogP contribution < -0.4 is 11.5 Å². The number of primary amides is 1. The van der Waals surface area contributed by atoms with Gasteiger partial charge in [-0.25, -0.2) is 0 Å². The second kappa shape index (κ2) is 3.66. The third-order valence-corrected chi connectivity index (χ3v) is 1.22. The van der Waals surface area contributed by atoms with E-state index in [1.165, 1.54) is 0 Å². The zero-order chi connectivity index (χ0) is 7.44. The second-order valence-electron chi connectivity index (χ2n) is 1.65. The van der Waals surface area contributed by atoms with Crippen LogP contribution in [0.5, 0.6) is 0 Å². The molecule has 9 heavy (non-hydrogen) atoms. The summed E-state index contributed by atoms with van der Waals surface area (Å²) in [7, 11) is 0. The van der Waals surface area contributed by atoms with Crippen LogP contribution in [0.4, 0.5) is 0 Å². The van der Waals surface area contributed by atoms with Crippen molar-refractivity contribution in [3.63, 3.8) is 0 Å². The Kier molecular flexibility index (Phi) is 3.53. The molecule has 0 rings (SSSR count). The Hall–Kier alpha value is -0.320. The van der Waals surface area contributed by atoms with Crippen molar-refractivity contribution in [3.05, 3.63) is 0 Å². The lowest BCUT2D eigenvalue weighted by Gasteiger charge is -2.11. The minimum Gasteiger partial charge on any atom is -0.390 e. The number of alkyl halides is 1. The summed E-state index contributed by atoms with van der Waals surface area (Å²) in [6.07, 6.45) is -1.04. The molecule has 0 aliphatic rings. The minimum absolute atomic E-state index is 0.0793. The third kappa shape index (κ3) is 2.64. The highest BCUT2D eigenvalue weighted by Gasteiger charge is 2.18. The highest BCUT2D eigenvalue weighted by Crippen LogP contribution is 1.91. The van der Waals surface area contributed by atoms with Gasteiger partial charge in [0.25, 0.3) is 0 Å². The average molecular weight is 153 g/mol. The Morgan fingerprint density at radius 2 is 2.22 bits per heavy atom. The van der Waals surface area contributed by atoms with Crippen LogP contribution in [-0.2, 0) is 4.79 Å². The van der Waals surface area contributed by atoms with Gasteiger partial charge in [0.05, 0.1) is 12.0 Å². The van der Waals surface area contributed by atoms with Gasteiger partial charge in [-0.3, -0.25) is 4.79 Å². The fourth-order valence-corrected chi connectivity index (χ4v) is 0.478. The summed E-state index contributed by atoms with van der Waals surface area (Å²) >= 11 is 5.15. The maximum atomic E-state index is 10.2. The predicted molar refractivity (Wildman–Crippen MR) is 33.9 cm³/mol. The van der Waals surface area contributed by atoms with Crippen molar-refractivity contribution >= 4 is 17.5 Å². The molecule has 54 valence electrons. The lowest BCUT2D eigenvalue weighted by Crippen LogP contribution is -2.46. The molecule has 2 atom stereocenters. The Morgan fingerprint density at radius 3 is 2.33 bits per heavy atom. The van der Waals surface area contributed by atoms with Gasteiger partial charge in [0.15, 0.2) is 0 Å². The molecule has 0 saturated heterocycles. The minimum atomic E-state index is -1.05. The van der Waals surface area contributed by atoms with E-state index < -0.39 is 18.1 Å². The van der Waals surface area contributed by atoms with Crippen molar-refractivity contribution in [1.82, 2.24) is 0 Å². The molecule has 0 unspecified atom stereocenters. The summed E-state index contributed by atoms with van der Waals surface area (Å²) in [5.41, 5.74) is 9.79. The molecule has 0 aromatic rings. The summed E-state index contributed by atoms with van der Waals surface area (Å²) in [6.45, 7) is 0. The van der Waals surface area contributed by atoms with Gasteiger partial charge < -0.3 is 16.6 Å². The van der Waals surface area contributed by atoms with Crippen molar-refractivity contribution in [2.24, 2.45) is 11.5 Å². The molecular formula is C4H9ClN2O2. The van der Waals surface area contributed by atoms with Crippen LogP contribution in [0.1, 0.15) is 0 Å². The highest BCUT2D eigenvalue weighted by molar-refractivity contribution is 6.18. The first-order valence-corrected chi connectivity index (χ1v) is 2.92. The molecule has 1 amide bonds. The largest absolute Gasteiger partial charge is 0.390 e. The number of halogens is 1. The number of hydrogen-bond donors (Lipinski definition) is 3. The SMILES string of the molecule is NC(=O)[C@@H](N)[C@H](O)CCl. The first-order valence-electron chi connectivity index (χ1n) is 2.38.